The van der Waals surface area contributed by atoms with E-state index in [4.69, 9.17) is 11.4 Å². The minimum atomic E-state index is -0.0223. The summed E-state index contributed by atoms with van der Waals surface area (Å²) in [5.74, 6) is 4.20. The first-order valence-corrected chi connectivity index (χ1v) is 11.0. The second kappa shape index (κ2) is 9.24. The summed E-state index contributed by atoms with van der Waals surface area (Å²) in [5, 5.41) is 6.05. The highest BCUT2D eigenvalue weighted by Crippen LogP contribution is 2.38. The lowest BCUT2D eigenvalue weighted by molar-refractivity contribution is -0.121. The lowest BCUT2D eigenvalue weighted by atomic mass is 10.1. The van der Waals surface area contributed by atoms with E-state index in [1.54, 1.807) is 11.3 Å². The van der Waals surface area contributed by atoms with E-state index in [1.807, 2.05) is 13.0 Å². The predicted octanol–water partition coefficient (Wildman–Crippen LogP) is 2.93. The molecule has 0 bridgehead atoms. The molecule has 3 aromatic rings. The van der Waals surface area contributed by atoms with Crippen molar-refractivity contribution in [3.05, 3.63) is 41.5 Å². The van der Waals surface area contributed by atoms with Crippen LogP contribution in [0.3, 0.4) is 0 Å². The van der Waals surface area contributed by atoms with Gasteiger partial charge in [-0.25, -0.2) is 9.97 Å². The van der Waals surface area contributed by atoms with Crippen LogP contribution >= 0.6 is 11.3 Å². The average molecular weight is 420 g/mol. The summed E-state index contributed by atoms with van der Waals surface area (Å²) in [6, 6.07) is 10.4. The van der Waals surface area contributed by atoms with E-state index in [0.717, 1.165) is 54.5 Å². The molecule has 0 unspecified atom stereocenters. The Balaban J connectivity index is 1.59. The quantitative estimate of drug-likeness (QED) is 0.645. The number of terminal acetylenes is 1. The van der Waals surface area contributed by atoms with Gasteiger partial charge in [-0.15, -0.1) is 17.8 Å². The number of nitrogens with zero attached hydrogens (tertiary/aromatic N) is 4. The highest BCUT2D eigenvalue weighted by Gasteiger charge is 2.22. The van der Waals surface area contributed by atoms with E-state index in [2.05, 4.69) is 55.7 Å². The third-order valence-corrected chi connectivity index (χ3v) is 6.13. The molecule has 1 N–H and O–H groups in total. The van der Waals surface area contributed by atoms with Gasteiger partial charge in [0.15, 0.2) is 0 Å². The molecule has 1 fully saturated rings. The topological polar surface area (TPSA) is 61.4 Å². The number of benzene rings is 1. The second-order valence-corrected chi connectivity index (χ2v) is 8.25. The van der Waals surface area contributed by atoms with Gasteiger partial charge in [0, 0.05) is 37.1 Å². The van der Waals surface area contributed by atoms with Crippen LogP contribution in [0.5, 0.6) is 0 Å². The van der Waals surface area contributed by atoms with Crippen molar-refractivity contribution in [3.8, 4) is 23.5 Å². The zero-order valence-electron chi connectivity index (χ0n) is 17.1. The summed E-state index contributed by atoms with van der Waals surface area (Å²) in [4.78, 5) is 27.1. The summed E-state index contributed by atoms with van der Waals surface area (Å²) in [7, 11) is 0. The molecule has 1 aliphatic heterocycles. The van der Waals surface area contributed by atoms with Crippen molar-refractivity contribution in [2.24, 2.45) is 0 Å². The summed E-state index contributed by atoms with van der Waals surface area (Å²) in [6.45, 7) is 6.00. The van der Waals surface area contributed by atoms with E-state index in [-0.39, 0.29) is 12.5 Å². The summed E-state index contributed by atoms with van der Waals surface area (Å²) in [6.07, 6.45) is 6.19. The maximum Gasteiger partial charge on any atom is 0.234 e. The molecule has 0 saturated carbocycles. The molecule has 1 saturated heterocycles. The van der Waals surface area contributed by atoms with Gasteiger partial charge in [-0.2, -0.15) is 0 Å². The standard InChI is InChI=1S/C23H25N5OS/c1-3-10-24-20(29)15-27-11-7-12-28(14-13-27)22-21-19(18-8-5-4-6-9-18)16-30-23(21)26-17(2)25-22/h1,4-6,8-9,16H,7,10-15H2,2H3,(H,24,29). The lowest BCUT2D eigenvalue weighted by Crippen LogP contribution is -2.39. The van der Waals surface area contributed by atoms with Crippen LogP contribution in [0, 0.1) is 19.3 Å². The first-order chi connectivity index (χ1) is 14.7. The van der Waals surface area contributed by atoms with Gasteiger partial charge in [0.25, 0.3) is 0 Å². The Bertz CT molecular complexity index is 1070. The van der Waals surface area contributed by atoms with Crippen molar-refractivity contribution in [3.63, 3.8) is 0 Å². The molecular formula is C23H25N5OS. The highest BCUT2D eigenvalue weighted by atomic mass is 32.1. The number of amides is 1. The number of carbonyl (C=O) groups is 1. The van der Waals surface area contributed by atoms with Gasteiger partial charge in [-0.1, -0.05) is 36.3 Å². The summed E-state index contributed by atoms with van der Waals surface area (Å²) < 4.78 is 0. The molecule has 1 aliphatic rings. The molecule has 3 heterocycles. The molecule has 1 amide bonds. The van der Waals surface area contributed by atoms with Gasteiger partial charge in [-0.05, 0) is 18.9 Å². The van der Waals surface area contributed by atoms with Crippen molar-refractivity contribution < 1.29 is 4.79 Å². The molecule has 1 aromatic carbocycles. The Hall–Kier alpha value is -2.95. The minimum absolute atomic E-state index is 0.0223. The van der Waals surface area contributed by atoms with Crippen molar-refractivity contribution in [2.45, 2.75) is 13.3 Å². The number of hydrogen-bond donors (Lipinski definition) is 1. The monoisotopic (exact) mass is 419 g/mol. The van der Waals surface area contributed by atoms with Crippen LogP contribution < -0.4 is 10.2 Å². The Morgan fingerprint density at radius 2 is 2.03 bits per heavy atom. The first-order valence-electron chi connectivity index (χ1n) is 10.1. The fourth-order valence-electron chi connectivity index (χ4n) is 3.84. The van der Waals surface area contributed by atoms with Gasteiger partial charge in [0.2, 0.25) is 5.91 Å². The maximum absolute atomic E-state index is 12.0. The fourth-order valence-corrected chi connectivity index (χ4v) is 4.82. The average Bonchev–Trinajstić information content (AvgIpc) is 3.04. The van der Waals surface area contributed by atoms with Crippen LogP contribution in [-0.2, 0) is 4.79 Å². The highest BCUT2D eigenvalue weighted by molar-refractivity contribution is 7.17. The molecule has 0 atom stereocenters. The number of carbonyl (C=O) groups excluding carboxylic acids is 1. The smallest absolute Gasteiger partial charge is 0.234 e. The van der Waals surface area contributed by atoms with E-state index < -0.39 is 0 Å². The van der Waals surface area contributed by atoms with Crippen LogP contribution in [-0.4, -0.2) is 60.0 Å². The lowest BCUT2D eigenvalue weighted by Gasteiger charge is -2.24. The fraction of sp³-hybridized carbons (Fsp3) is 0.348. The van der Waals surface area contributed by atoms with E-state index in [0.29, 0.717) is 6.54 Å². The molecule has 0 radical (unpaired) electrons. The van der Waals surface area contributed by atoms with Crippen LogP contribution in [0.25, 0.3) is 21.3 Å². The van der Waals surface area contributed by atoms with E-state index >= 15 is 0 Å². The van der Waals surface area contributed by atoms with Gasteiger partial charge >= 0.3 is 0 Å². The third kappa shape index (κ3) is 4.45. The molecule has 7 heteroatoms. The van der Waals surface area contributed by atoms with Crippen molar-refractivity contribution in [2.75, 3.05) is 44.2 Å². The molecule has 0 aliphatic carbocycles. The number of rotatable bonds is 5. The summed E-state index contributed by atoms with van der Waals surface area (Å²) >= 11 is 1.67. The maximum atomic E-state index is 12.0. The Kier molecular flexibility index (Phi) is 6.26. The number of thiophene rings is 1. The molecule has 0 spiro atoms. The molecule has 4 rings (SSSR count). The zero-order chi connectivity index (χ0) is 20.9. The normalized spacial score (nSPS) is 15.0. The van der Waals surface area contributed by atoms with Gasteiger partial charge in [0.1, 0.15) is 16.5 Å². The number of aryl methyl sites for hydroxylation is 1. The molecule has 6 nitrogen and oxygen atoms in total. The Labute approximate surface area is 180 Å². The number of hydrogen-bond acceptors (Lipinski definition) is 6. The van der Waals surface area contributed by atoms with Gasteiger partial charge in [0.05, 0.1) is 18.5 Å². The SMILES string of the molecule is C#CCNC(=O)CN1CCCN(c2nc(C)nc3scc(-c4ccccc4)c23)CC1. The third-order valence-electron chi connectivity index (χ3n) is 5.25. The van der Waals surface area contributed by atoms with Crippen molar-refractivity contribution >= 4 is 33.3 Å². The molecular weight excluding hydrogens is 394 g/mol. The minimum Gasteiger partial charge on any atom is -0.355 e. The first kappa shape index (κ1) is 20.3. The number of nitrogens with one attached hydrogen (secondary N) is 1. The van der Waals surface area contributed by atoms with Crippen molar-refractivity contribution in [1.82, 2.24) is 20.2 Å². The number of aromatic nitrogens is 2. The molecule has 30 heavy (non-hydrogen) atoms. The summed E-state index contributed by atoms with van der Waals surface area (Å²) in [5.41, 5.74) is 2.36. The molecule has 2 aromatic heterocycles. The van der Waals surface area contributed by atoms with Crippen LogP contribution in [0.2, 0.25) is 0 Å². The largest absolute Gasteiger partial charge is 0.355 e. The predicted molar refractivity (Wildman–Crippen MR) is 123 cm³/mol. The van der Waals surface area contributed by atoms with E-state index in [1.165, 1.54) is 11.1 Å². The number of anilines is 1. The van der Waals surface area contributed by atoms with Crippen LogP contribution in [0.4, 0.5) is 5.82 Å². The van der Waals surface area contributed by atoms with Crippen LogP contribution in [0.15, 0.2) is 35.7 Å². The van der Waals surface area contributed by atoms with Crippen LogP contribution in [0.1, 0.15) is 12.2 Å². The molecule has 154 valence electrons. The zero-order valence-corrected chi connectivity index (χ0v) is 17.9. The Morgan fingerprint density at radius 3 is 2.83 bits per heavy atom. The Morgan fingerprint density at radius 1 is 1.20 bits per heavy atom. The van der Waals surface area contributed by atoms with Gasteiger partial charge < -0.3 is 10.2 Å². The number of fused-ring (bicyclic) bond motifs is 1. The van der Waals surface area contributed by atoms with Crippen molar-refractivity contribution in [1.29, 1.82) is 0 Å². The van der Waals surface area contributed by atoms with E-state index in [9.17, 15) is 4.79 Å². The second-order valence-electron chi connectivity index (χ2n) is 7.39. The van der Waals surface area contributed by atoms with Gasteiger partial charge in [-0.3, -0.25) is 9.69 Å².